The molecular weight excluding hydrogens is 710 g/mol. The van der Waals surface area contributed by atoms with Crippen LogP contribution in [0.15, 0.2) is 100 Å². The summed E-state index contributed by atoms with van der Waals surface area (Å²) in [6.07, 6.45) is -14.5. The Kier molecular flexibility index (Phi) is 5.17. The Labute approximate surface area is 348 Å². The van der Waals surface area contributed by atoms with Crippen molar-refractivity contribution in [1.29, 1.82) is 0 Å². The molecule has 0 atom stereocenters. The molecule has 278 valence electrons. The summed E-state index contributed by atoms with van der Waals surface area (Å²) in [7, 11) is 1.01. The monoisotopic (exact) mass is 777 g/mol. The average Bonchev–Trinajstić information content (AvgIpc) is 3.36. The summed E-state index contributed by atoms with van der Waals surface area (Å²) < 4.78 is 325. The maximum Gasteiger partial charge on any atom is 0.416 e. The van der Waals surface area contributed by atoms with E-state index in [-0.39, 0.29) is 4.90 Å². The van der Waals surface area contributed by atoms with Gasteiger partial charge < -0.3 is 19.1 Å². The lowest BCUT2D eigenvalue weighted by Crippen LogP contribution is -2.48. The summed E-state index contributed by atoms with van der Waals surface area (Å²) in [6, 6.07) is -27.3. The number of halogens is 5. The number of alkyl halides is 3. The van der Waals surface area contributed by atoms with Crippen molar-refractivity contribution >= 4 is 28.6 Å². The largest absolute Gasteiger partial charge is 0.416 e. The Balaban J connectivity index is 1.81. The second-order valence-electron chi connectivity index (χ2n) is 10.5. The van der Waals surface area contributed by atoms with Crippen LogP contribution in [0.4, 0.5) is 22.0 Å². The van der Waals surface area contributed by atoms with E-state index in [1.807, 2.05) is 0 Å². The zero-order valence-corrected chi connectivity index (χ0v) is 27.8. The maximum absolute atomic E-state index is 15.9. The number of carbonyl (C=O) groups excluding carboxylic acids is 1. The minimum atomic E-state index is -5.51. The number of ether oxygens (including phenoxy) is 1. The molecule has 1 fully saturated rings. The van der Waals surface area contributed by atoms with E-state index in [4.69, 9.17) is 33.5 Å². The van der Waals surface area contributed by atoms with Crippen LogP contribution in [-0.4, -0.2) is 59.5 Å². The van der Waals surface area contributed by atoms with E-state index in [1.54, 1.807) is 0 Å². The van der Waals surface area contributed by atoms with Crippen molar-refractivity contribution in [2.24, 2.45) is 0 Å². The van der Waals surface area contributed by atoms with Gasteiger partial charge in [0.05, 0.1) is 47.4 Å². The lowest BCUT2D eigenvalue weighted by molar-refractivity contribution is -0.137. The number of para-hydroxylation sites is 1. The highest BCUT2D eigenvalue weighted by Crippen LogP contribution is 2.32. The van der Waals surface area contributed by atoms with Crippen LogP contribution in [0.25, 0.3) is 22.0 Å². The van der Waals surface area contributed by atoms with Crippen molar-refractivity contribution in [2.75, 3.05) is 33.3 Å². The summed E-state index contributed by atoms with van der Waals surface area (Å²) >= 11 is -0.785. The number of thioether (sulfide) groups is 1. The first-order valence-corrected chi connectivity index (χ1v) is 15.6. The minimum absolute atomic E-state index is 0.109. The van der Waals surface area contributed by atoms with Gasteiger partial charge in [-0.25, -0.2) is 8.78 Å². The van der Waals surface area contributed by atoms with Crippen molar-refractivity contribution in [3.8, 4) is 11.1 Å². The Morgan fingerprint density at radius 3 is 2.43 bits per heavy atom. The van der Waals surface area contributed by atoms with Gasteiger partial charge in [0, 0.05) is 75.6 Å². The number of fused-ring (bicyclic) bond motifs is 1. The van der Waals surface area contributed by atoms with Gasteiger partial charge >= 0.3 is 6.18 Å². The molecular formula is C41H40F5N3O3S. The molecule has 1 aliphatic rings. The van der Waals surface area contributed by atoms with Crippen molar-refractivity contribution in [3.05, 3.63) is 135 Å². The van der Waals surface area contributed by atoms with Crippen LogP contribution in [-0.2, 0) is 34.5 Å². The molecule has 4 aromatic carbocycles. The lowest BCUT2D eigenvalue weighted by Gasteiger charge is -2.39. The predicted molar refractivity (Wildman–Crippen MR) is 198 cm³/mol. The third-order valence-corrected chi connectivity index (χ3v) is 7.79. The lowest BCUT2D eigenvalue weighted by atomic mass is 9.97. The SMILES string of the molecule is [2H]c1c([2H])c(F)c(F)c(C([2H])([2H])Sc2c([2H])c(=O)c3c([2H])c([2H])c([2H])c([2H])c3n2C([2H])([2H])C(=O)N(Cc2c([2H])c([2H])c(-c3c([2H])c([2H])c(C(F)(F)F)c([2H])c3[2H])c([2H])c2C)C2([2H])C([2H])([2H])C([2H])([2H])N(CCOC)C([2H])([2H])C2([2H])[2H])c1[2H]. The van der Waals surface area contributed by atoms with Crippen LogP contribution in [0, 0.1) is 18.6 Å². The third-order valence-electron chi connectivity index (χ3n) is 7.00. The normalized spacial score (nSPS) is 26.7. The molecule has 0 aliphatic carbocycles. The van der Waals surface area contributed by atoms with Crippen molar-refractivity contribution in [1.82, 2.24) is 14.4 Å². The molecule has 1 saturated heterocycles. The van der Waals surface area contributed by atoms with Gasteiger partial charge in [0.15, 0.2) is 17.1 Å². The van der Waals surface area contributed by atoms with E-state index >= 15 is 13.6 Å². The third kappa shape index (κ3) is 9.00. The number of carbonyl (C=O) groups is 1. The van der Waals surface area contributed by atoms with E-state index in [2.05, 4.69) is 0 Å². The van der Waals surface area contributed by atoms with Gasteiger partial charge in [-0.05, 0) is 72.1 Å². The van der Waals surface area contributed by atoms with Crippen molar-refractivity contribution in [3.63, 3.8) is 0 Å². The summed E-state index contributed by atoms with van der Waals surface area (Å²) in [5.74, 6) is -7.33. The average molecular weight is 778 g/mol. The number of methoxy groups -OCH3 is 1. The Hall–Kier alpha value is -4.52. The predicted octanol–water partition coefficient (Wildman–Crippen LogP) is 8.71. The molecule has 53 heavy (non-hydrogen) atoms. The molecule has 12 heteroatoms. The first-order valence-electron chi connectivity index (χ1n) is 28.8. The van der Waals surface area contributed by atoms with Crippen molar-refractivity contribution < 1.29 is 69.9 Å². The van der Waals surface area contributed by atoms with Gasteiger partial charge in [0.25, 0.3) is 0 Å². The highest BCUT2D eigenvalue weighted by molar-refractivity contribution is 7.98. The molecule has 0 saturated carbocycles. The number of nitrogens with zero attached hydrogens (tertiary/aromatic N) is 3. The second-order valence-corrected chi connectivity index (χ2v) is 11.3. The number of likely N-dealkylation sites (tertiary alicyclic amines) is 1. The van der Waals surface area contributed by atoms with Crippen LogP contribution >= 0.6 is 11.8 Å². The molecule has 0 bridgehead atoms. The fourth-order valence-electron chi connectivity index (χ4n) is 4.35. The zero-order chi connectivity index (χ0) is 62.4. The summed E-state index contributed by atoms with van der Waals surface area (Å²) in [5, 5.41) is -3.11. The number of amides is 1. The topological polar surface area (TPSA) is 54.8 Å². The van der Waals surface area contributed by atoms with Crippen LogP contribution in [0.2, 0.25) is 0 Å². The molecule has 0 unspecified atom stereocenters. The molecule has 1 amide bonds. The molecule has 6 rings (SSSR count). The molecule has 1 aromatic heterocycles. The highest BCUT2D eigenvalue weighted by Gasteiger charge is 2.31. The van der Waals surface area contributed by atoms with Crippen molar-refractivity contribution in [2.45, 2.75) is 55.6 Å². The number of piperidine rings is 1. The molecule has 5 aromatic rings. The Morgan fingerprint density at radius 1 is 1.00 bits per heavy atom. The standard InChI is InChI=1S/C41H40F5N3O3S/c1-27-22-29(28-12-14-32(15-13-28)41(44,45)46)10-11-30(27)24-48(33-16-18-47(19-17-33)20-21-52-2)38(51)25-49-36-9-4-3-7-34(36)37(50)23-39(49)53-26-31-6-5-8-35(42)40(31)43/h3-15,22-23,33H,16-21,24-26H2,1-2H3/i3D,4D,5D,6D,7D,8D,9D,10D,11D,12D,13D,14D,15D,16D2,17D2,18D2,19D2,22D,23D,25D2,26D2,33D. The van der Waals surface area contributed by atoms with Gasteiger partial charge in [0.2, 0.25) is 5.91 Å². The van der Waals surface area contributed by atoms with E-state index in [0.717, 1.165) is 14.0 Å². The number of pyridine rings is 1. The quantitative estimate of drug-likeness (QED) is 0.0938. The number of benzene rings is 4. The minimum Gasteiger partial charge on any atom is -0.383 e. The van der Waals surface area contributed by atoms with Crippen LogP contribution in [0.5, 0.6) is 0 Å². The molecule has 0 radical (unpaired) electrons. The van der Waals surface area contributed by atoms with E-state index < -0.39 is 254 Å². The van der Waals surface area contributed by atoms with E-state index in [9.17, 15) is 27.6 Å². The summed E-state index contributed by atoms with van der Waals surface area (Å²) in [6.45, 7) is -15.8. The van der Waals surface area contributed by atoms with E-state index in [0.29, 0.717) is 0 Å². The molecule has 0 spiro atoms. The molecule has 1 aliphatic heterocycles. The zero-order valence-electron chi connectivity index (χ0n) is 55.0. The first-order chi connectivity index (χ1) is 36.6. The number of aromatic nitrogens is 1. The Morgan fingerprint density at radius 2 is 1.72 bits per heavy atom. The van der Waals surface area contributed by atoms with Gasteiger partial charge in [-0.15, -0.1) is 11.8 Å². The highest BCUT2D eigenvalue weighted by atomic mass is 32.2. The Bertz CT molecular complexity index is 3470. The number of rotatable bonds is 12. The maximum atomic E-state index is 15.9. The van der Waals surface area contributed by atoms with E-state index in [1.165, 1.54) is 0 Å². The van der Waals surface area contributed by atoms with Gasteiger partial charge in [-0.1, -0.05) is 54.4 Å². The number of hydrogen-bond donors (Lipinski definition) is 0. The molecule has 2 heterocycles. The summed E-state index contributed by atoms with van der Waals surface area (Å²) in [5.41, 5.74) is -15.5. The van der Waals surface area contributed by atoms with Gasteiger partial charge in [-0.2, -0.15) is 13.2 Å². The fraction of sp³-hybridized carbons (Fsp3) is 0.317. The van der Waals surface area contributed by atoms with Crippen LogP contribution in [0.3, 0.4) is 0 Å². The summed E-state index contributed by atoms with van der Waals surface area (Å²) in [4.78, 5) is 29.3. The number of hydrogen-bond acceptors (Lipinski definition) is 5. The van der Waals surface area contributed by atoms with Gasteiger partial charge in [0.1, 0.15) is 6.50 Å². The van der Waals surface area contributed by atoms with Crippen LogP contribution < -0.4 is 5.43 Å². The smallest absolute Gasteiger partial charge is 0.383 e. The van der Waals surface area contributed by atoms with Gasteiger partial charge in [-0.3, -0.25) is 9.59 Å². The molecule has 6 nitrogen and oxygen atoms in total. The fourth-order valence-corrected chi connectivity index (χ4v) is 5.07. The van der Waals surface area contributed by atoms with Crippen LogP contribution in [0.1, 0.15) is 73.4 Å². The molecule has 0 N–H and O–H groups in total. The first kappa shape index (κ1) is 16.5. The second kappa shape index (κ2) is 16.7.